The number of benzene rings is 1. The molecule has 23 heavy (non-hydrogen) atoms. The number of fused-ring (bicyclic) bond motifs is 3. The Morgan fingerprint density at radius 2 is 2.04 bits per heavy atom. The number of ether oxygens (including phenoxy) is 1. The van der Waals surface area contributed by atoms with Crippen molar-refractivity contribution in [1.82, 2.24) is 14.6 Å². The van der Waals surface area contributed by atoms with Crippen LogP contribution in [-0.4, -0.2) is 40.3 Å². The minimum absolute atomic E-state index is 0.336. The summed E-state index contributed by atoms with van der Waals surface area (Å²) >= 11 is 0. The molecule has 6 nitrogen and oxygen atoms in total. The first kappa shape index (κ1) is 14.0. The molecule has 3 heterocycles. The summed E-state index contributed by atoms with van der Waals surface area (Å²) in [4.78, 5) is 19.2. The highest BCUT2D eigenvalue weighted by Gasteiger charge is 2.22. The van der Waals surface area contributed by atoms with Gasteiger partial charge in [-0.3, -0.25) is 0 Å². The highest BCUT2D eigenvalue weighted by Crippen LogP contribution is 2.29. The molecule has 0 spiro atoms. The minimum atomic E-state index is -0.377. The third kappa shape index (κ3) is 2.21. The van der Waals surface area contributed by atoms with Crippen molar-refractivity contribution >= 4 is 28.3 Å². The number of carbonyl (C=O) groups excluding carboxylic acids is 1. The molecule has 6 heteroatoms. The first-order valence-electron chi connectivity index (χ1n) is 7.98. The van der Waals surface area contributed by atoms with Gasteiger partial charge in [0.25, 0.3) is 0 Å². The summed E-state index contributed by atoms with van der Waals surface area (Å²) in [6.45, 7) is 4.12. The zero-order valence-corrected chi connectivity index (χ0v) is 13.0. The zero-order valence-electron chi connectivity index (χ0n) is 13.0. The van der Waals surface area contributed by atoms with E-state index in [4.69, 9.17) is 9.72 Å². The van der Waals surface area contributed by atoms with E-state index in [1.54, 1.807) is 17.6 Å². The van der Waals surface area contributed by atoms with Gasteiger partial charge < -0.3 is 9.64 Å². The van der Waals surface area contributed by atoms with Gasteiger partial charge in [0.1, 0.15) is 11.4 Å². The van der Waals surface area contributed by atoms with E-state index in [1.807, 2.05) is 18.2 Å². The van der Waals surface area contributed by atoms with E-state index >= 15 is 0 Å². The molecule has 118 valence electrons. The van der Waals surface area contributed by atoms with Crippen molar-refractivity contribution in [3.05, 3.63) is 36.0 Å². The second-order valence-electron chi connectivity index (χ2n) is 5.66. The Bertz CT molecular complexity index is 881. The van der Waals surface area contributed by atoms with Crippen molar-refractivity contribution in [2.75, 3.05) is 24.6 Å². The molecular weight excluding hydrogens is 292 g/mol. The van der Waals surface area contributed by atoms with Crippen LogP contribution >= 0.6 is 0 Å². The molecule has 4 rings (SSSR count). The number of hydrogen-bond donors (Lipinski definition) is 0. The molecule has 1 aliphatic rings. The molecule has 1 aromatic carbocycles. The van der Waals surface area contributed by atoms with Crippen LogP contribution in [0.1, 0.15) is 30.1 Å². The van der Waals surface area contributed by atoms with Gasteiger partial charge in [0.15, 0.2) is 5.65 Å². The number of nitrogens with zero attached hydrogens (tertiary/aromatic N) is 4. The molecule has 1 saturated heterocycles. The van der Waals surface area contributed by atoms with E-state index < -0.39 is 0 Å². The van der Waals surface area contributed by atoms with E-state index in [-0.39, 0.29) is 5.97 Å². The summed E-state index contributed by atoms with van der Waals surface area (Å²) in [6, 6.07) is 8.04. The van der Waals surface area contributed by atoms with E-state index in [0.717, 1.165) is 29.8 Å². The van der Waals surface area contributed by atoms with Crippen molar-refractivity contribution in [2.24, 2.45) is 0 Å². The lowest BCUT2D eigenvalue weighted by molar-refractivity contribution is 0.0528. The summed E-state index contributed by atoms with van der Waals surface area (Å²) in [5.41, 5.74) is 1.93. The Morgan fingerprint density at radius 1 is 1.26 bits per heavy atom. The molecule has 0 bridgehead atoms. The van der Waals surface area contributed by atoms with E-state index in [2.05, 4.69) is 16.1 Å². The molecule has 0 aliphatic carbocycles. The highest BCUT2D eigenvalue weighted by atomic mass is 16.5. The van der Waals surface area contributed by atoms with Gasteiger partial charge in [-0.25, -0.2) is 14.3 Å². The van der Waals surface area contributed by atoms with Gasteiger partial charge in [0, 0.05) is 18.5 Å². The van der Waals surface area contributed by atoms with Crippen molar-refractivity contribution in [2.45, 2.75) is 19.8 Å². The molecule has 0 unspecified atom stereocenters. The molecular formula is C17H18N4O2. The molecule has 0 atom stereocenters. The fraction of sp³-hybridized carbons (Fsp3) is 0.353. The molecule has 0 N–H and O–H groups in total. The number of anilines is 1. The number of hydrogen-bond acceptors (Lipinski definition) is 5. The predicted molar refractivity (Wildman–Crippen MR) is 87.9 cm³/mol. The van der Waals surface area contributed by atoms with Crippen molar-refractivity contribution in [3.63, 3.8) is 0 Å². The van der Waals surface area contributed by atoms with Gasteiger partial charge >= 0.3 is 5.97 Å². The second kappa shape index (κ2) is 5.53. The number of carbonyl (C=O) groups is 1. The Kier molecular flexibility index (Phi) is 3.37. The summed E-state index contributed by atoms with van der Waals surface area (Å²) in [5, 5.41) is 5.41. The maximum absolute atomic E-state index is 12.2. The summed E-state index contributed by atoms with van der Waals surface area (Å²) < 4.78 is 6.85. The smallest absolute Gasteiger partial charge is 0.343 e. The van der Waals surface area contributed by atoms with Crippen LogP contribution in [-0.2, 0) is 4.74 Å². The lowest BCUT2D eigenvalue weighted by Crippen LogP contribution is -2.20. The van der Waals surface area contributed by atoms with Crippen LogP contribution in [0.5, 0.6) is 0 Å². The molecule has 3 aromatic rings. The normalized spacial score (nSPS) is 14.7. The summed E-state index contributed by atoms with van der Waals surface area (Å²) in [5.74, 6) is 0.550. The van der Waals surface area contributed by atoms with Gasteiger partial charge in [-0.1, -0.05) is 12.1 Å². The van der Waals surface area contributed by atoms with Crippen molar-refractivity contribution in [3.8, 4) is 0 Å². The van der Waals surface area contributed by atoms with Crippen LogP contribution in [0.15, 0.2) is 30.5 Å². The van der Waals surface area contributed by atoms with Crippen LogP contribution in [0, 0.1) is 0 Å². The summed E-state index contributed by atoms with van der Waals surface area (Å²) in [7, 11) is 0. The largest absolute Gasteiger partial charge is 0.462 e. The average molecular weight is 310 g/mol. The maximum atomic E-state index is 12.2. The number of rotatable bonds is 3. The fourth-order valence-electron chi connectivity index (χ4n) is 3.16. The van der Waals surface area contributed by atoms with E-state index in [0.29, 0.717) is 17.8 Å². The van der Waals surface area contributed by atoms with Gasteiger partial charge in [-0.15, -0.1) is 0 Å². The molecule has 0 radical (unpaired) electrons. The number of para-hydroxylation sites is 1. The minimum Gasteiger partial charge on any atom is -0.462 e. The average Bonchev–Trinajstić information content (AvgIpc) is 3.24. The van der Waals surface area contributed by atoms with E-state index in [9.17, 15) is 4.79 Å². The SMILES string of the molecule is CCOC(=O)c1cnn2c1nc(N1CCCC1)c1ccccc12. The Hall–Kier alpha value is -2.63. The molecule has 1 aliphatic heterocycles. The topological polar surface area (TPSA) is 59.7 Å². The molecule has 0 saturated carbocycles. The maximum Gasteiger partial charge on any atom is 0.343 e. The van der Waals surface area contributed by atoms with Crippen LogP contribution in [0.4, 0.5) is 5.82 Å². The Morgan fingerprint density at radius 3 is 2.83 bits per heavy atom. The van der Waals surface area contributed by atoms with Gasteiger partial charge in [0.2, 0.25) is 0 Å². The van der Waals surface area contributed by atoms with E-state index in [1.165, 1.54) is 12.8 Å². The summed E-state index contributed by atoms with van der Waals surface area (Å²) in [6.07, 6.45) is 3.89. The number of esters is 1. The first-order valence-corrected chi connectivity index (χ1v) is 7.98. The van der Waals surface area contributed by atoms with Crippen LogP contribution < -0.4 is 4.90 Å². The van der Waals surface area contributed by atoms with Gasteiger partial charge in [0.05, 0.1) is 18.3 Å². The van der Waals surface area contributed by atoms with Crippen LogP contribution in [0.25, 0.3) is 16.6 Å². The van der Waals surface area contributed by atoms with Gasteiger partial charge in [-0.05, 0) is 31.9 Å². The third-order valence-electron chi connectivity index (χ3n) is 4.23. The monoisotopic (exact) mass is 310 g/mol. The van der Waals surface area contributed by atoms with Crippen LogP contribution in [0.2, 0.25) is 0 Å². The standard InChI is InChI=1S/C17H18N4O2/c1-2-23-17(22)13-11-18-21-14-8-4-3-7-12(14)15(19-16(13)21)20-9-5-6-10-20/h3-4,7-8,11H,2,5-6,9-10H2,1H3. The van der Waals surface area contributed by atoms with Crippen molar-refractivity contribution < 1.29 is 9.53 Å². The highest BCUT2D eigenvalue weighted by molar-refractivity contribution is 5.99. The lowest BCUT2D eigenvalue weighted by atomic mass is 10.2. The zero-order chi connectivity index (χ0) is 15.8. The molecule has 1 fully saturated rings. The third-order valence-corrected chi connectivity index (χ3v) is 4.23. The Labute approximate surface area is 133 Å². The first-order chi connectivity index (χ1) is 11.3. The van der Waals surface area contributed by atoms with Crippen molar-refractivity contribution in [1.29, 1.82) is 0 Å². The molecule has 0 amide bonds. The quantitative estimate of drug-likeness (QED) is 0.696. The van der Waals surface area contributed by atoms with Gasteiger partial charge in [-0.2, -0.15) is 5.10 Å². The Balaban J connectivity index is 1.98. The second-order valence-corrected chi connectivity index (χ2v) is 5.66. The fourth-order valence-corrected chi connectivity index (χ4v) is 3.16. The van der Waals surface area contributed by atoms with Crippen LogP contribution in [0.3, 0.4) is 0 Å². The predicted octanol–water partition coefficient (Wildman–Crippen LogP) is 2.66. The molecule has 2 aromatic heterocycles. The lowest BCUT2D eigenvalue weighted by Gasteiger charge is -2.19. The number of aromatic nitrogens is 3.